The van der Waals surface area contributed by atoms with Crippen LogP contribution in [-0.4, -0.2) is 29.7 Å². The molecule has 0 spiro atoms. The Labute approximate surface area is 121 Å². The Hall–Kier alpha value is -2.44. The molecule has 21 heavy (non-hydrogen) atoms. The highest BCUT2D eigenvalue weighted by molar-refractivity contribution is 5.99. The molecule has 0 saturated carbocycles. The highest BCUT2D eigenvalue weighted by Gasteiger charge is 2.25. The van der Waals surface area contributed by atoms with Gasteiger partial charge in [-0.05, 0) is 31.9 Å². The number of hydrogen-bond donors (Lipinski definition) is 1. The Morgan fingerprint density at radius 1 is 1.33 bits per heavy atom. The highest BCUT2D eigenvalue weighted by Crippen LogP contribution is 2.28. The molecule has 112 valence electrons. The first-order valence-corrected chi connectivity index (χ1v) is 6.73. The van der Waals surface area contributed by atoms with Crippen LogP contribution in [0.15, 0.2) is 18.2 Å². The Morgan fingerprint density at radius 2 is 1.95 bits per heavy atom. The van der Waals surface area contributed by atoms with E-state index in [4.69, 9.17) is 5.73 Å². The van der Waals surface area contributed by atoms with Crippen LogP contribution in [0.2, 0.25) is 0 Å². The van der Waals surface area contributed by atoms with Gasteiger partial charge in [0.15, 0.2) is 5.78 Å². The van der Waals surface area contributed by atoms with Gasteiger partial charge in [-0.15, -0.1) is 0 Å². The summed E-state index contributed by atoms with van der Waals surface area (Å²) in [5, 5.41) is 10.9. The van der Waals surface area contributed by atoms with E-state index in [-0.39, 0.29) is 28.9 Å². The van der Waals surface area contributed by atoms with Gasteiger partial charge in [-0.2, -0.15) is 0 Å². The van der Waals surface area contributed by atoms with Crippen molar-refractivity contribution in [2.45, 2.75) is 19.8 Å². The topological polar surface area (TPSA) is 107 Å². The van der Waals surface area contributed by atoms with Gasteiger partial charge in [-0.1, -0.05) is 0 Å². The number of nitrogens with two attached hydrogens (primary N) is 1. The molecule has 1 saturated heterocycles. The minimum absolute atomic E-state index is 0.106. The van der Waals surface area contributed by atoms with E-state index in [1.54, 1.807) is 12.1 Å². The van der Waals surface area contributed by atoms with E-state index in [2.05, 4.69) is 0 Å². The Kier molecular flexibility index (Phi) is 4.21. The van der Waals surface area contributed by atoms with Gasteiger partial charge in [0, 0.05) is 30.8 Å². The molecule has 7 nitrogen and oxygen atoms in total. The van der Waals surface area contributed by atoms with Crippen molar-refractivity contribution in [1.29, 1.82) is 0 Å². The lowest BCUT2D eigenvalue weighted by molar-refractivity contribution is -0.385. The van der Waals surface area contributed by atoms with E-state index < -0.39 is 4.92 Å². The van der Waals surface area contributed by atoms with E-state index >= 15 is 0 Å². The molecule has 0 atom stereocenters. The lowest BCUT2D eigenvalue weighted by atomic mass is 9.95. The molecule has 2 N–H and O–H groups in total. The van der Waals surface area contributed by atoms with Crippen LogP contribution >= 0.6 is 0 Å². The van der Waals surface area contributed by atoms with Crippen molar-refractivity contribution >= 4 is 23.1 Å². The van der Waals surface area contributed by atoms with Crippen LogP contribution < -0.4 is 10.6 Å². The summed E-state index contributed by atoms with van der Waals surface area (Å²) in [5.74, 6) is -0.745. The van der Waals surface area contributed by atoms with Gasteiger partial charge in [0.05, 0.1) is 10.5 Å². The highest BCUT2D eigenvalue weighted by atomic mass is 16.6. The van der Waals surface area contributed by atoms with Crippen molar-refractivity contribution in [2.75, 3.05) is 18.0 Å². The summed E-state index contributed by atoms with van der Waals surface area (Å²) in [6.45, 7) is 2.59. The van der Waals surface area contributed by atoms with Crippen LogP contribution in [0.5, 0.6) is 0 Å². The smallest absolute Gasteiger partial charge is 0.280 e. The minimum Gasteiger partial charge on any atom is -0.371 e. The van der Waals surface area contributed by atoms with Crippen molar-refractivity contribution in [3.63, 3.8) is 0 Å². The number of anilines is 1. The number of amides is 1. The zero-order valence-corrected chi connectivity index (χ0v) is 11.7. The molecule has 7 heteroatoms. The Balaban J connectivity index is 2.22. The minimum atomic E-state index is -0.556. The van der Waals surface area contributed by atoms with Gasteiger partial charge in [-0.25, -0.2) is 0 Å². The van der Waals surface area contributed by atoms with E-state index in [1.165, 1.54) is 13.0 Å². The molecule has 0 aromatic heterocycles. The number of piperidine rings is 1. The normalized spacial score (nSPS) is 15.8. The monoisotopic (exact) mass is 291 g/mol. The predicted octanol–water partition coefficient (Wildman–Crippen LogP) is 1.50. The molecule has 1 aromatic carbocycles. The third-order valence-electron chi connectivity index (χ3n) is 3.82. The molecule has 0 bridgehead atoms. The summed E-state index contributed by atoms with van der Waals surface area (Å²) < 4.78 is 0. The molecule has 1 fully saturated rings. The number of nitro benzene ring substituents is 1. The number of benzene rings is 1. The molecular weight excluding hydrogens is 274 g/mol. The van der Waals surface area contributed by atoms with E-state index in [0.29, 0.717) is 25.9 Å². The maximum Gasteiger partial charge on any atom is 0.280 e. The molecule has 1 amide bonds. The fourth-order valence-electron chi connectivity index (χ4n) is 2.58. The van der Waals surface area contributed by atoms with Crippen LogP contribution in [-0.2, 0) is 4.79 Å². The summed E-state index contributed by atoms with van der Waals surface area (Å²) in [6, 6.07) is 4.53. The average Bonchev–Trinajstić information content (AvgIpc) is 2.46. The van der Waals surface area contributed by atoms with Gasteiger partial charge in [0.1, 0.15) is 0 Å². The third-order valence-corrected chi connectivity index (χ3v) is 3.82. The number of nitro groups is 1. The second-order valence-electron chi connectivity index (χ2n) is 5.18. The number of carbonyl (C=O) groups excluding carboxylic acids is 2. The number of rotatable bonds is 4. The van der Waals surface area contributed by atoms with Crippen LogP contribution in [0.25, 0.3) is 0 Å². The fourth-order valence-corrected chi connectivity index (χ4v) is 2.58. The quantitative estimate of drug-likeness (QED) is 0.514. The van der Waals surface area contributed by atoms with Gasteiger partial charge in [0.2, 0.25) is 5.91 Å². The molecule has 1 aliphatic heterocycles. The number of primary amides is 1. The molecular formula is C14H17N3O4. The zero-order valence-electron chi connectivity index (χ0n) is 11.7. The molecule has 0 aliphatic carbocycles. The number of hydrogen-bond acceptors (Lipinski definition) is 5. The molecule has 1 aliphatic rings. The summed E-state index contributed by atoms with van der Waals surface area (Å²) in [5.41, 5.74) is 5.97. The molecule has 1 heterocycles. The summed E-state index contributed by atoms with van der Waals surface area (Å²) in [4.78, 5) is 35.1. The maximum atomic E-state index is 11.6. The SMILES string of the molecule is CC(=O)c1cc(N2CCC(C(N)=O)CC2)ccc1[N+](=O)[O-]. The van der Waals surface area contributed by atoms with E-state index in [9.17, 15) is 19.7 Å². The van der Waals surface area contributed by atoms with Crippen molar-refractivity contribution < 1.29 is 14.5 Å². The van der Waals surface area contributed by atoms with Crippen LogP contribution in [0, 0.1) is 16.0 Å². The van der Waals surface area contributed by atoms with Crippen LogP contribution in [0.3, 0.4) is 0 Å². The zero-order chi connectivity index (χ0) is 15.6. The third kappa shape index (κ3) is 3.18. The average molecular weight is 291 g/mol. The standard InChI is InChI=1S/C14H17N3O4/c1-9(18)12-8-11(2-3-13(12)17(20)21)16-6-4-10(5-7-16)14(15)19/h2-3,8,10H,4-7H2,1H3,(H2,15,19). The predicted molar refractivity (Wildman–Crippen MR) is 77.2 cm³/mol. The van der Waals surface area contributed by atoms with Gasteiger partial charge >= 0.3 is 0 Å². The first kappa shape index (κ1) is 15.0. The second-order valence-corrected chi connectivity index (χ2v) is 5.18. The molecule has 0 radical (unpaired) electrons. The van der Waals surface area contributed by atoms with Crippen molar-refractivity contribution in [1.82, 2.24) is 0 Å². The molecule has 2 rings (SSSR count). The van der Waals surface area contributed by atoms with Gasteiger partial charge in [-0.3, -0.25) is 19.7 Å². The largest absolute Gasteiger partial charge is 0.371 e. The first-order valence-electron chi connectivity index (χ1n) is 6.73. The summed E-state index contributed by atoms with van der Waals surface area (Å²) >= 11 is 0. The lowest BCUT2D eigenvalue weighted by Crippen LogP contribution is -2.38. The first-order chi connectivity index (χ1) is 9.90. The Bertz CT molecular complexity index is 592. The summed E-state index contributed by atoms with van der Waals surface area (Å²) in [6.07, 6.45) is 1.31. The van der Waals surface area contributed by atoms with E-state index in [1.807, 2.05) is 4.90 Å². The van der Waals surface area contributed by atoms with Crippen molar-refractivity contribution in [3.8, 4) is 0 Å². The van der Waals surface area contributed by atoms with Crippen molar-refractivity contribution in [2.24, 2.45) is 11.7 Å². The molecule has 1 aromatic rings. The second kappa shape index (κ2) is 5.90. The Morgan fingerprint density at radius 3 is 2.43 bits per heavy atom. The van der Waals surface area contributed by atoms with Crippen LogP contribution in [0.1, 0.15) is 30.1 Å². The van der Waals surface area contributed by atoms with Crippen molar-refractivity contribution in [3.05, 3.63) is 33.9 Å². The van der Waals surface area contributed by atoms with Gasteiger partial charge < -0.3 is 10.6 Å². The van der Waals surface area contributed by atoms with Crippen LogP contribution in [0.4, 0.5) is 11.4 Å². The number of Topliss-reactive ketones (excluding diaryl/α,β-unsaturated/α-hetero) is 1. The van der Waals surface area contributed by atoms with Gasteiger partial charge in [0.25, 0.3) is 5.69 Å². The lowest BCUT2D eigenvalue weighted by Gasteiger charge is -2.32. The number of carbonyl (C=O) groups is 2. The molecule has 0 unspecified atom stereocenters. The fraction of sp³-hybridized carbons (Fsp3) is 0.429. The van der Waals surface area contributed by atoms with E-state index in [0.717, 1.165) is 5.69 Å². The summed E-state index contributed by atoms with van der Waals surface area (Å²) in [7, 11) is 0. The maximum absolute atomic E-state index is 11.6. The number of ketones is 1. The number of nitrogens with zero attached hydrogens (tertiary/aromatic N) is 2.